The first-order chi connectivity index (χ1) is 7.28. The molecule has 1 rings (SSSR count). The third kappa shape index (κ3) is 8.72. The summed E-state index contributed by atoms with van der Waals surface area (Å²) in [6.45, 7) is 5.23. The van der Waals surface area contributed by atoms with Crippen LogP contribution in [0.2, 0.25) is 0 Å². The number of hydrogen-bond acceptors (Lipinski definition) is 4. The second-order valence-corrected chi connectivity index (χ2v) is 2.88. The van der Waals surface area contributed by atoms with Crippen molar-refractivity contribution in [1.82, 2.24) is 4.98 Å². The molecule has 16 heavy (non-hydrogen) atoms. The fourth-order valence-corrected chi connectivity index (χ4v) is 0.736. The van der Waals surface area contributed by atoms with Gasteiger partial charge in [-0.05, 0) is 6.07 Å². The summed E-state index contributed by atoms with van der Waals surface area (Å²) in [5, 5.41) is 0. The van der Waals surface area contributed by atoms with Crippen molar-refractivity contribution in [2.24, 2.45) is 5.73 Å². The maximum Gasteiger partial charge on any atom is 0.213 e. The van der Waals surface area contributed by atoms with E-state index in [1.54, 1.807) is 25.4 Å². The van der Waals surface area contributed by atoms with Crippen molar-refractivity contribution in [3.05, 3.63) is 18.3 Å². The van der Waals surface area contributed by atoms with Crippen LogP contribution in [0.1, 0.15) is 21.7 Å². The molecule has 0 fully saturated rings. The highest BCUT2D eigenvalue weighted by Gasteiger charge is 1.94. The zero-order chi connectivity index (χ0) is 11.5. The zero-order valence-electron chi connectivity index (χ0n) is 10.1. The Morgan fingerprint density at radius 1 is 1.38 bits per heavy atom. The van der Waals surface area contributed by atoms with Crippen molar-refractivity contribution < 1.29 is 10.9 Å². The Hall–Kier alpha value is -0.560. The molecule has 0 aromatic carbocycles. The largest absolute Gasteiger partial charge is 0.495 e. The molecule has 0 aliphatic heterocycles. The fourth-order valence-electron chi connectivity index (χ4n) is 0.736. The Kier molecular flexibility index (Phi) is 13.9. The van der Waals surface area contributed by atoms with Crippen LogP contribution in [-0.4, -0.2) is 25.2 Å². The van der Waals surface area contributed by atoms with Gasteiger partial charge in [0.1, 0.15) is 12.4 Å². The maximum absolute atomic E-state index is 5.25. The predicted octanol–water partition coefficient (Wildman–Crippen LogP) is 2.71. The van der Waals surface area contributed by atoms with Crippen LogP contribution in [0.3, 0.4) is 0 Å². The second-order valence-electron chi connectivity index (χ2n) is 2.88. The lowest BCUT2D eigenvalue weighted by molar-refractivity contribution is 0.314. The van der Waals surface area contributed by atoms with E-state index in [9.17, 15) is 0 Å². The van der Waals surface area contributed by atoms with Crippen molar-refractivity contribution in [1.29, 1.82) is 0 Å². The minimum atomic E-state index is 0. The van der Waals surface area contributed by atoms with E-state index in [1.165, 1.54) is 6.42 Å². The Labute approximate surface area is 116 Å². The van der Waals surface area contributed by atoms with Crippen LogP contribution in [-0.2, 0) is 0 Å². The maximum atomic E-state index is 5.25. The van der Waals surface area contributed by atoms with Gasteiger partial charge in [-0.2, -0.15) is 0 Å². The van der Waals surface area contributed by atoms with Crippen molar-refractivity contribution in [2.75, 3.05) is 20.3 Å². The van der Waals surface area contributed by atoms with Gasteiger partial charge in [-0.3, -0.25) is 0 Å². The summed E-state index contributed by atoms with van der Waals surface area (Å²) < 4.78 is 10.1. The number of halogens is 1. The molecule has 0 amide bonds. The van der Waals surface area contributed by atoms with Gasteiger partial charge in [-0.1, -0.05) is 20.3 Å². The monoisotopic (exact) mass is 342 g/mol. The highest BCUT2D eigenvalue weighted by molar-refractivity contribution is 14.0. The van der Waals surface area contributed by atoms with Gasteiger partial charge < -0.3 is 15.2 Å². The van der Waals surface area contributed by atoms with Gasteiger partial charge in [0.2, 0.25) is 5.88 Å². The average Bonchev–Trinajstić information content (AvgIpc) is 2.28. The molecule has 0 aliphatic carbocycles. The number of nitrogens with two attached hydrogens (primary N) is 1. The lowest BCUT2D eigenvalue weighted by Crippen LogP contribution is -2.11. The van der Waals surface area contributed by atoms with Crippen LogP contribution in [0.5, 0.6) is 11.6 Å². The highest BCUT2D eigenvalue weighted by Crippen LogP contribution is 2.12. The SMILES string of the molecule is CCC.COc1ccc(OCCN)nc1.I.[HH]. The van der Waals surface area contributed by atoms with Crippen molar-refractivity contribution in [2.45, 2.75) is 20.3 Å². The van der Waals surface area contributed by atoms with Crippen LogP contribution in [0.25, 0.3) is 0 Å². The van der Waals surface area contributed by atoms with E-state index in [-0.39, 0.29) is 25.4 Å². The van der Waals surface area contributed by atoms with Gasteiger partial charge >= 0.3 is 0 Å². The van der Waals surface area contributed by atoms with Crippen LogP contribution >= 0.6 is 24.0 Å². The molecule has 96 valence electrons. The quantitative estimate of drug-likeness (QED) is 0.855. The third-order valence-corrected chi connectivity index (χ3v) is 1.31. The summed E-state index contributed by atoms with van der Waals surface area (Å²) in [7, 11) is 1.59. The average molecular weight is 342 g/mol. The van der Waals surface area contributed by atoms with Crippen LogP contribution < -0.4 is 15.2 Å². The van der Waals surface area contributed by atoms with Gasteiger partial charge in [0.15, 0.2) is 0 Å². The Bertz CT molecular complexity index is 248. The topological polar surface area (TPSA) is 57.4 Å². The molecular weight excluding hydrogens is 319 g/mol. The Balaban J connectivity index is -0.000000356. The van der Waals surface area contributed by atoms with Crippen LogP contribution in [0.15, 0.2) is 18.3 Å². The number of rotatable bonds is 4. The van der Waals surface area contributed by atoms with Gasteiger partial charge in [-0.25, -0.2) is 4.98 Å². The van der Waals surface area contributed by atoms with Crippen molar-refractivity contribution in [3.63, 3.8) is 0 Å². The molecule has 0 saturated heterocycles. The Morgan fingerprint density at radius 2 is 2.00 bits per heavy atom. The minimum absolute atomic E-state index is 0. The smallest absolute Gasteiger partial charge is 0.213 e. The molecule has 1 aromatic heterocycles. The first kappa shape index (κ1) is 17.8. The standard InChI is InChI=1S/C8H12N2O2.C3H8.HI.H2/c1-11-7-2-3-8(10-6-7)12-5-4-9;1-3-2;;/h2-3,6H,4-5,9H2,1H3;3H2,1-2H3;2*1H. The van der Waals surface area contributed by atoms with Gasteiger partial charge in [0, 0.05) is 14.0 Å². The summed E-state index contributed by atoms with van der Waals surface area (Å²) in [4.78, 5) is 3.98. The molecule has 0 atom stereocenters. The molecule has 0 bridgehead atoms. The van der Waals surface area contributed by atoms with E-state index < -0.39 is 0 Å². The molecule has 0 radical (unpaired) electrons. The summed E-state index contributed by atoms with van der Waals surface area (Å²) in [5.41, 5.74) is 5.25. The first-order valence-electron chi connectivity index (χ1n) is 5.11. The van der Waals surface area contributed by atoms with Crippen LogP contribution in [0.4, 0.5) is 0 Å². The van der Waals surface area contributed by atoms with E-state index in [4.69, 9.17) is 15.2 Å². The lowest BCUT2D eigenvalue weighted by atomic mass is 10.4. The van der Waals surface area contributed by atoms with E-state index in [0.717, 1.165) is 5.75 Å². The van der Waals surface area contributed by atoms with E-state index in [1.807, 2.05) is 0 Å². The molecule has 1 heterocycles. The number of methoxy groups -OCH3 is 1. The molecule has 1 aromatic rings. The molecule has 0 unspecified atom stereocenters. The molecule has 5 heteroatoms. The van der Waals surface area contributed by atoms with Crippen LogP contribution in [0, 0.1) is 0 Å². The molecule has 0 spiro atoms. The van der Waals surface area contributed by atoms with Gasteiger partial charge in [0.05, 0.1) is 13.3 Å². The first-order valence-corrected chi connectivity index (χ1v) is 5.11. The summed E-state index contributed by atoms with van der Waals surface area (Å²) in [5.74, 6) is 1.29. The number of hydrogen-bond donors (Lipinski definition) is 1. The fraction of sp³-hybridized carbons (Fsp3) is 0.545. The van der Waals surface area contributed by atoms with E-state index in [0.29, 0.717) is 19.0 Å². The summed E-state index contributed by atoms with van der Waals surface area (Å²) in [6, 6.07) is 3.54. The summed E-state index contributed by atoms with van der Waals surface area (Å²) >= 11 is 0. The number of pyridine rings is 1. The highest BCUT2D eigenvalue weighted by atomic mass is 127. The minimum Gasteiger partial charge on any atom is -0.495 e. The van der Waals surface area contributed by atoms with Gasteiger partial charge in [-0.15, -0.1) is 24.0 Å². The number of nitrogens with zero attached hydrogens (tertiary/aromatic N) is 1. The molecule has 4 nitrogen and oxygen atoms in total. The normalized spacial score (nSPS) is 8.25. The predicted molar refractivity (Wildman–Crippen MR) is 78.8 cm³/mol. The van der Waals surface area contributed by atoms with E-state index >= 15 is 0 Å². The third-order valence-electron chi connectivity index (χ3n) is 1.31. The van der Waals surface area contributed by atoms with Crippen molar-refractivity contribution in [3.8, 4) is 11.6 Å². The number of ether oxygens (including phenoxy) is 2. The Morgan fingerprint density at radius 3 is 2.38 bits per heavy atom. The van der Waals surface area contributed by atoms with Crippen molar-refractivity contribution >= 4 is 24.0 Å². The second kappa shape index (κ2) is 12.5. The van der Waals surface area contributed by atoms with Gasteiger partial charge in [0.25, 0.3) is 0 Å². The molecule has 2 N–H and O–H groups in total. The molecular formula is C11H23IN2O2. The zero-order valence-corrected chi connectivity index (χ0v) is 12.4. The summed E-state index contributed by atoms with van der Waals surface area (Å²) in [6.07, 6.45) is 2.85. The molecule has 0 aliphatic rings. The number of aromatic nitrogens is 1. The lowest BCUT2D eigenvalue weighted by Gasteiger charge is -2.03. The molecule has 0 saturated carbocycles. The van der Waals surface area contributed by atoms with E-state index in [2.05, 4.69) is 18.8 Å².